The van der Waals surface area contributed by atoms with E-state index in [1.165, 1.54) is 0 Å². The minimum atomic E-state index is 0.432. The van der Waals surface area contributed by atoms with Gasteiger partial charge in [-0.15, -0.1) is 0 Å². The van der Waals surface area contributed by atoms with Crippen LogP contribution in [0.15, 0.2) is 18.2 Å². The van der Waals surface area contributed by atoms with Gasteiger partial charge in [-0.3, -0.25) is 9.48 Å². The van der Waals surface area contributed by atoms with Gasteiger partial charge in [0.1, 0.15) is 0 Å². The van der Waals surface area contributed by atoms with Crippen molar-refractivity contribution < 1.29 is 4.79 Å². The highest BCUT2D eigenvalue weighted by Crippen LogP contribution is 2.23. The van der Waals surface area contributed by atoms with Crippen molar-refractivity contribution in [3.8, 4) is 0 Å². The summed E-state index contributed by atoms with van der Waals surface area (Å²) in [4.78, 5) is 10.7. The van der Waals surface area contributed by atoms with Crippen molar-refractivity contribution in [2.45, 2.75) is 0 Å². The van der Waals surface area contributed by atoms with Crippen molar-refractivity contribution in [3.05, 3.63) is 28.9 Å². The molecule has 1 aromatic carbocycles. The molecule has 13 heavy (non-hydrogen) atoms. The minimum absolute atomic E-state index is 0.432. The number of para-hydroxylation sites is 1. The highest BCUT2D eigenvalue weighted by molar-refractivity contribution is 6.34. The Kier molecular flexibility index (Phi) is 1.81. The van der Waals surface area contributed by atoms with Crippen molar-refractivity contribution in [2.75, 3.05) is 0 Å². The van der Waals surface area contributed by atoms with E-state index in [1.807, 2.05) is 6.07 Å². The maximum atomic E-state index is 10.7. The molecule has 4 heteroatoms. The molecule has 2 rings (SSSR count). The van der Waals surface area contributed by atoms with E-state index in [-0.39, 0.29) is 0 Å². The highest BCUT2D eigenvalue weighted by atomic mass is 35.5. The van der Waals surface area contributed by atoms with Gasteiger partial charge in [0, 0.05) is 18.0 Å². The molecular weight excluding hydrogens is 188 g/mol. The average Bonchev–Trinajstić information content (AvgIpc) is 2.43. The summed E-state index contributed by atoms with van der Waals surface area (Å²) in [7, 11) is 1.77. The van der Waals surface area contributed by atoms with E-state index in [9.17, 15) is 4.79 Å². The normalized spacial score (nSPS) is 10.6. The van der Waals surface area contributed by atoms with Gasteiger partial charge in [-0.25, -0.2) is 0 Å². The second-order valence-electron chi connectivity index (χ2n) is 2.78. The van der Waals surface area contributed by atoms with Crippen LogP contribution in [0.4, 0.5) is 0 Å². The molecule has 0 N–H and O–H groups in total. The summed E-state index contributed by atoms with van der Waals surface area (Å²) in [5.41, 5.74) is 1.39. The number of aromatic nitrogens is 2. The molecule has 1 heterocycles. The number of hydrogen-bond acceptors (Lipinski definition) is 2. The van der Waals surface area contributed by atoms with Crippen LogP contribution in [0.1, 0.15) is 10.4 Å². The predicted octanol–water partition coefficient (Wildman–Crippen LogP) is 2.04. The summed E-state index contributed by atoms with van der Waals surface area (Å²) in [5.74, 6) is 0. The van der Waals surface area contributed by atoms with E-state index in [4.69, 9.17) is 11.6 Å². The van der Waals surface area contributed by atoms with Crippen LogP contribution in [0.25, 0.3) is 10.9 Å². The molecule has 0 radical (unpaired) electrons. The Morgan fingerprint density at radius 1 is 1.54 bits per heavy atom. The van der Waals surface area contributed by atoms with Crippen molar-refractivity contribution in [2.24, 2.45) is 7.05 Å². The van der Waals surface area contributed by atoms with Crippen molar-refractivity contribution in [3.63, 3.8) is 0 Å². The zero-order valence-corrected chi connectivity index (χ0v) is 7.75. The maximum Gasteiger partial charge on any atom is 0.158 e. The smallest absolute Gasteiger partial charge is 0.158 e. The van der Waals surface area contributed by atoms with Crippen LogP contribution in [0, 0.1) is 0 Å². The van der Waals surface area contributed by atoms with E-state index < -0.39 is 0 Å². The van der Waals surface area contributed by atoms with Gasteiger partial charge in [-0.1, -0.05) is 17.7 Å². The summed E-state index contributed by atoms with van der Waals surface area (Å²) in [6, 6.07) is 5.38. The molecule has 0 unspecified atom stereocenters. The summed E-state index contributed by atoms with van der Waals surface area (Å²) in [5, 5.41) is 5.27. The van der Waals surface area contributed by atoms with Gasteiger partial charge in [0.05, 0.1) is 5.52 Å². The molecule has 0 aliphatic heterocycles. The third kappa shape index (κ3) is 1.12. The lowest BCUT2D eigenvalue weighted by molar-refractivity contribution is 0.112. The third-order valence-corrected chi connectivity index (χ3v) is 2.26. The summed E-state index contributed by atoms with van der Waals surface area (Å²) in [6.45, 7) is 0. The molecule has 0 aliphatic carbocycles. The van der Waals surface area contributed by atoms with Crippen LogP contribution in [0.2, 0.25) is 5.15 Å². The molecule has 0 fully saturated rings. The number of aldehydes is 1. The summed E-state index contributed by atoms with van der Waals surface area (Å²) in [6.07, 6.45) is 0.806. The number of aryl methyl sites for hydroxylation is 1. The molecule has 0 saturated heterocycles. The number of nitrogens with zero attached hydrogens (tertiary/aromatic N) is 2. The van der Waals surface area contributed by atoms with Gasteiger partial charge >= 0.3 is 0 Å². The van der Waals surface area contributed by atoms with E-state index >= 15 is 0 Å². The van der Waals surface area contributed by atoms with Crippen LogP contribution in [-0.4, -0.2) is 16.1 Å². The molecule has 2 aromatic rings. The zero-order valence-electron chi connectivity index (χ0n) is 6.99. The third-order valence-electron chi connectivity index (χ3n) is 1.98. The standard InChI is InChI=1S/C9H7ClN2O/c1-12-8-6(5-13)3-2-4-7(8)9(10)11-12/h2-5H,1H3. The highest BCUT2D eigenvalue weighted by Gasteiger charge is 2.08. The molecule has 1 aromatic heterocycles. The number of carbonyl (C=O) groups is 1. The van der Waals surface area contributed by atoms with Crippen molar-refractivity contribution in [1.82, 2.24) is 9.78 Å². The van der Waals surface area contributed by atoms with Gasteiger partial charge in [-0.05, 0) is 12.1 Å². The van der Waals surface area contributed by atoms with Gasteiger partial charge in [0.25, 0.3) is 0 Å². The fourth-order valence-electron chi connectivity index (χ4n) is 1.42. The average molecular weight is 195 g/mol. The Labute approximate surface area is 79.9 Å². The summed E-state index contributed by atoms with van der Waals surface area (Å²) >= 11 is 5.86. The van der Waals surface area contributed by atoms with Crippen LogP contribution in [-0.2, 0) is 7.05 Å². The lowest BCUT2D eigenvalue weighted by Crippen LogP contribution is -1.92. The monoisotopic (exact) mass is 194 g/mol. The van der Waals surface area contributed by atoms with E-state index in [0.717, 1.165) is 17.2 Å². The number of rotatable bonds is 1. The second kappa shape index (κ2) is 2.85. The van der Waals surface area contributed by atoms with Gasteiger partial charge in [0.15, 0.2) is 11.4 Å². The largest absolute Gasteiger partial charge is 0.298 e. The van der Waals surface area contributed by atoms with E-state index in [1.54, 1.807) is 23.9 Å². The Morgan fingerprint density at radius 2 is 2.31 bits per heavy atom. The van der Waals surface area contributed by atoms with Crippen LogP contribution in [0.5, 0.6) is 0 Å². The van der Waals surface area contributed by atoms with Gasteiger partial charge < -0.3 is 0 Å². The topological polar surface area (TPSA) is 34.9 Å². The number of halogens is 1. The van der Waals surface area contributed by atoms with Gasteiger partial charge in [0.2, 0.25) is 0 Å². The first kappa shape index (κ1) is 8.26. The Hall–Kier alpha value is -1.35. The first-order valence-corrected chi connectivity index (χ1v) is 4.18. The van der Waals surface area contributed by atoms with E-state index in [2.05, 4.69) is 5.10 Å². The SMILES string of the molecule is Cn1nc(Cl)c2cccc(C=O)c21. The number of carbonyl (C=O) groups excluding carboxylic acids is 1. The maximum absolute atomic E-state index is 10.7. The lowest BCUT2D eigenvalue weighted by Gasteiger charge is -1.96. The number of hydrogen-bond donors (Lipinski definition) is 0. The Bertz CT molecular complexity index is 476. The van der Waals surface area contributed by atoms with Crippen molar-refractivity contribution in [1.29, 1.82) is 0 Å². The lowest BCUT2D eigenvalue weighted by atomic mass is 10.2. The second-order valence-corrected chi connectivity index (χ2v) is 3.13. The molecule has 0 bridgehead atoms. The summed E-state index contributed by atoms with van der Waals surface area (Å²) < 4.78 is 1.61. The van der Waals surface area contributed by atoms with Gasteiger partial charge in [-0.2, -0.15) is 5.10 Å². The Balaban J connectivity index is 2.96. The molecular formula is C9H7ClN2O. The fourth-order valence-corrected chi connectivity index (χ4v) is 1.69. The zero-order chi connectivity index (χ0) is 9.42. The van der Waals surface area contributed by atoms with Crippen LogP contribution in [0.3, 0.4) is 0 Å². The molecule has 0 amide bonds. The number of fused-ring (bicyclic) bond motifs is 1. The van der Waals surface area contributed by atoms with Crippen LogP contribution >= 0.6 is 11.6 Å². The quantitative estimate of drug-likeness (QED) is 0.652. The first-order chi connectivity index (χ1) is 6.24. The predicted molar refractivity (Wildman–Crippen MR) is 51.1 cm³/mol. The Morgan fingerprint density at radius 3 is 3.00 bits per heavy atom. The van der Waals surface area contributed by atoms with Crippen LogP contribution < -0.4 is 0 Å². The number of benzene rings is 1. The molecule has 0 aliphatic rings. The van der Waals surface area contributed by atoms with E-state index in [0.29, 0.717) is 10.7 Å². The molecule has 0 atom stereocenters. The molecule has 66 valence electrons. The molecule has 0 spiro atoms. The minimum Gasteiger partial charge on any atom is -0.298 e. The fraction of sp³-hybridized carbons (Fsp3) is 0.111. The molecule has 3 nitrogen and oxygen atoms in total. The molecule has 0 saturated carbocycles. The first-order valence-electron chi connectivity index (χ1n) is 3.80. The van der Waals surface area contributed by atoms with Crippen molar-refractivity contribution >= 4 is 28.8 Å².